The molecule has 6 nitrogen and oxygen atoms in total. The predicted molar refractivity (Wildman–Crippen MR) is 106 cm³/mol. The highest BCUT2D eigenvalue weighted by molar-refractivity contribution is 7.89. The Bertz CT molecular complexity index is 901. The van der Waals surface area contributed by atoms with Gasteiger partial charge in [0, 0.05) is 36.8 Å². The second kappa shape index (κ2) is 8.09. The van der Waals surface area contributed by atoms with Gasteiger partial charge in [-0.05, 0) is 51.4 Å². The van der Waals surface area contributed by atoms with E-state index in [0.29, 0.717) is 36.8 Å². The molecule has 1 aromatic heterocycles. The Kier molecular flexibility index (Phi) is 6.17. The molecule has 1 aromatic carbocycles. The van der Waals surface area contributed by atoms with Crippen LogP contribution in [0.25, 0.3) is 0 Å². The highest BCUT2D eigenvalue weighted by Gasteiger charge is 2.30. The molecule has 0 unspecified atom stereocenters. The highest BCUT2D eigenvalue weighted by Crippen LogP contribution is 2.31. The van der Waals surface area contributed by atoms with E-state index < -0.39 is 10.0 Å². The summed E-state index contributed by atoms with van der Waals surface area (Å²) < 4.78 is 33.1. The lowest BCUT2D eigenvalue weighted by Gasteiger charge is -2.23. The van der Waals surface area contributed by atoms with Crippen molar-refractivity contribution in [3.8, 4) is 0 Å². The van der Waals surface area contributed by atoms with Gasteiger partial charge >= 0.3 is 0 Å². The van der Waals surface area contributed by atoms with E-state index in [0.717, 1.165) is 30.0 Å². The van der Waals surface area contributed by atoms with Crippen molar-refractivity contribution >= 4 is 33.2 Å². The molecule has 1 fully saturated rings. The Morgan fingerprint density at radius 2 is 1.85 bits per heavy atom. The van der Waals surface area contributed by atoms with Crippen LogP contribution in [-0.4, -0.2) is 49.0 Å². The maximum atomic E-state index is 13.2. The third kappa shape index (κ3) is 4.32. The van der Waals surface area contributed by atoms with E-state index in [1.165, 1.54) is 10.4 Å². The Morgan fingerprint density at radius 3 is 2.48 bits per heavy atom. The fourth-order valence-corrected chi connectivity index (χ4v) is 6.05. The summed E-state index contributed by atoms with van der Waals surface area (Å²) in [6.07, 6.45) is 0.743. The monoisotopic (exact) mass is 431 g/mol. The number of rotatable bonds is 4. The molecule has 0 spiro atoms. The largest absolute Gasteiger partial charge is 0.361 e. The lowest BCUT2D eigenvalue weighted by atomic mass is 10.2. The number of sulfonamides is 1. The van der Waals surface area contributed by atoms with Gasteiger partial charge in [0.15, 0.2) is 0 Å². The van der Waals surface area contributed by atoms with Gasteiger partial charge in [-0.25, -0.2) is 8.42 Å². The number of aromatic nitrogens is 1. The van der Waals surface area contributed by atoms with Gasteiger partial charge in [0.25, 0.3) is 0 Å². The number of hydrogen-bond acceptors (Lipinski definition) is 5. The highest BCUT2D eigenvalue weighted by atomic mass is 35.5. The van der Waals surface area contributed by atoms with Crippen molar-refractivity contribution in [2.45, 2.75) is 38.6 Å². The van der Waals surface area contributed by atoms with Crippen molar-refractivity contribution in [2.75, 3.05) is 26.2 Å². The minimum atomic E-state index is -3.68. The molecule has 3 rings (SSSR count). The van der Waals surface area contributed by atoms with Crippen LogP contribution in [-0.2, 0) is 16.6 Å². The molecule has 0 bridgehead atoms. The molecule has 1 aliphatic heterocycles. The SMILES string of the molecule is Cc1cc(Cl)cc(Cl)c1S(=O)(=O)N1CCCN(Cc2c(C)noc2C)CC1. The van der Waals surface area contributed by atoms with E-state index in [-0.39, 0.29) is 9.92 Å². The summed E-state index contributed by atoms with van der Waals surface area (Å²) in [6, 6.07) is 3.10. The topological polar surface area (TPSA) is 66.7 Å². The number of hydrogen-bond donors (Lipinski definition) is 0. The first-order valence-corrected chi connectivity index (χ1v) is 11.0. The molecule has 0 saturated carbocycles. The normalized spacial score (nSPS) is 17.2. The summed E-state index contributed by atoms with van der Waals surface area (Å²) in [5.74, 6) is 0.810. The van der Waals surface area contributed by atoms with Crippen molar-refractivity contribution in [3.05, 3.63) is 44.8 Å². The average Bonchev–Trinajstić information content (AvgIpc) is 2.76. The van der Waals surface area contributed by atoms with Gasteiger partial charge in [0.2, 0.25) is 10.0 Å². The molecular formula is C18H23Cl2N3O3S. The van der Waals surface area contributed by atoms with E-state index in [9.17, 15) is 8.42 Å². The fourth-order valence-electron chi connectivity index (χ4n) is 3.44. The lowest BCUT2D eigenvalue weighted by molar-refractivity contribution is 0.276. The number of nitrogens with zero attached hydrogens (tertiary/aromatic N) is 3. The van der Waals surface area contributed by atoms with E-state index in [2.05, 4.69) is 10.1 Å². The number of benzene rings is 1. The van der Waals surface area contributed by atoms with Gasteiger partial charge in [-0.15, -0.1) is 0 Å². The quantitative estimate of drug-likeness (QED) is 0.735. The molecule has 27 heavy (non-hydrogen) atoms. The first-order chi connectivity index (χ1) is 12.7. The molecule has 0 radical (unpaired) electrons. The van der Waals surface area contributed by atoms with Gasteiger partial charge in [0.1, 0.15) is 10.7 Å². The standard InChI is InChI=1S/C18H23Cl2N3O3S/c1-12-9-15(19)10-17(20)18(12)27(24,25)23-6-4-5-22(7-8-23)11-16-13(2)21-26-14(16)3/h9-10H,4-8,11H2,1-3H3. The van der Waals surface area contributed by atoms with Crippen molar-refractivity contribution in [1.29, 1.82) is 0 Å². The zero-order valence-electron chi connectivity index (χ0n) is 15.6. The van der Waals surface area contributed by atoms with Crippen LogP contribution in [0.1, 0.15) is 29.0 Å². The first-order valence-electron chi connectivity index (χ1n) is 8.80. The van der Waals surface area contributed by atoms with Crippen molar-refractivity contribution < 1.29 is 12.9 Å². The maximum absolute atomic E-state index is 13.2. The van der Waals surface area contributed by atoms with Gasteiger partial charge < -0.3 is 4.52 Å². The second-order valence-electron chi connectivity index (χ2n) is 6.87. The summed E-state index contributed by atoms with van der Waals surface area (Å²) in [5, 5.41) is 4.58. The molecule has 0 atom stereocenters. The average molecular weight is 432 g/mol. The third-order valence-corrected chi connectivity index (χ3v) is 7.63. The minimum Gasteiger partial charge on any atom is -0.361 e. The minimum absolute atomic E-state index is 0.146. The maximum Gasteiger partial charge on any atom is 0.244 e. The first kappa shape index (κ1) is 20.6. The van der Waals surface area contributed by atoms with Gasteiger partial charge in [-0.2, -0.15) is 4.31 Å². The molecular weight excluding hydrogens is 409 g/mol. The van der Waals surface area contributed by atoms with Crippen LogP contribution in [0, 0.1) is 20.8 Å². The molecule has 2 aromatic rings. The molecule has 0 amide bonds. The predicted octanol–water partition coefficient (Wildman–Crippen LogP) is 3.80. The molecule has 1 aliphatic rings. The van der Waals surface area contributed by atoms with Crippen molar-refractivity contribution in [3.63, 3.8) is 0 Å². The van der Waals surface area contributed by atoms with E-state index in [1.807, 2.05) is 13.8 Å². The van der Waals surface area contributed by atoms with Crippen LogP contribution < -0.4 is 0 Å². The smallest absolute Gasteiger partial charge is 0.244 e. The lowest BCUT2D eigenvalue weighted by Crippen LogP contribution is -2.35. The zero-order chi connectivity index (χ0) is 19.8. The summed E-state index contributed by atoms with van der Waals surface area (Å²) in [7, 11) is -3.68. The molecule has 2 heterocycles. The Hall–Kier alpha value is -1.12. The number of halogens is 2. The van der Waals surface area contributed by atoms with E-state index >= 15 is 0 Å². The van der Waals surface area contributed by atoms with Gasteiger partial charge in [-0.1, -0.05) is 28.4 Å². The zero-order valence-corrected chi connectivity index (χ0v) is 18.0. The number of aryl methyl sites for hydroxylation is 3. The Morgan fingerprint density at radius 1 is 1.11 bits per heavy atom. The summed E-state index contributed by atoms with van der Waals surface area (Å²) >= 11 is 12.2. The molecule has 0 N–H and O–H groups in total. The van der Waals surface area contributed by atoms with E-state index in [1.54, 1.807) is 13.0 Å². The van der Waals surface area contributed by atoms with Crippen LogP contribution in [0.3, 0.4) is 0 Å². The van der Waals surface area contributed by atoms with Crippen molar-refractivity contribution in [1.82, 2.24) is 14.4 Å². The Balaban J connectivity index is 1.78. The van der Waals surface area contributed by atoms with Crippen LogP contribution in [0.2, 0.25) is 10.0 Å². The van der Waals surface area contributed by atoms with Gasteiger partial charge in [0.05, 0.1) is 10.7 Å². The Labute approximate surface area is 170 Å². The van der Waals surface area contributed by atoms with Crippen LogP contribution >= 0.6 is 23.2 Å². The molecule has 9 heteroatoms. The van der Waals surface area contributed by atoms with Crippen molar-refractivity contribution in [2.24, 2.45) is 0 Å². The van der Waals surface area contributed by atoms with Crippen LogP contribution in [0.15, 0.2) is 21.6 Å². The molecule has 0 aliphatic carbocycles. The van der Waals surface area contributed by atoms with Crippen LogP contribution in [0.4, 0.5) is 0 Å². The van der Waals surface area contributed by atoms with Crippen LogP contribution in [0.5, 0.6) is 0 Å². The summed E-state index contributed by atoms with van der Waals surface area (Å²) in [5.41, 5.74) is 2.51. The molecule has 148 valence electrons. The van der Waals surface area contributed by atoms with Gasteiger partial charge in [-0.3, -0.25) is 4.90 Å². The third-order valence-electron chi connectivity index (χ3n) is 4.90. The van der Waals surface area contributed by atoms with E-state index in [4.69, 9.17) is 27.7 Å². The molecule has 1 saturated heterocycles. The fraction of sp³-hybridized carbons (Fsp3) is 0.500. The summed E-state index contributed by atoms with van der Waals surface area (Å²) in [4.78, 5) is 2.38. The summed E-state index contributed by atoms with van der Waals surface area (Å²) in [6.45, 7) is 8.54. The second-order valence-corrected chi connectivity index (χ2v) is 9.59.